The molecular formula is C27H27N4+. The standard InChI is InChI=1S/C27H26N4/c1-16-14-18(3)28-26(16)23-12-10-21(30-23)25(20-8-6-5-7-9-20)22-11-13-24(31-22)27-17(2)15-19(4)29-27/h5-15,28-30H,1-4H3/p+1/b25-22-. The van der Waals surface area contributed by atoms with Gasteiger partial charge in [0.15, 0.2) is 0 Å². The van der Waals surface area contributed by atoms with Gasteiger partial charge in [0, 0.05) is 23.5 Å². The molecule has 0 aliphatic carbocycles. The summed E-state index contributed by atoms with van der Waals surface area (Å²) >= 11 is 0. The molecule has 3 aromatic heterocycles. The molecule has 1 aliphatic rings. The second kappa shape index (κ2) is 7.47. The first kappa shape index (κ1) is 19.2. The SMILES string of the molecule is Cc1cc(C)c(C2=[NH+]/C(=C(/c3ccccc3)c3ccc(-c4[nH]c(C)cc4C)[nH]3)C=C2)[nH]1. The molecule has 4 N–H and O–H groups in total. The summed E-state index contributed by atoms with van der Waals surface area (Å²) in [6.07, 6.45) is 4.32. The predicted octanol–water partition coefficient (Wildman–Crippen LogP) is 4.47. The Morgan fingerprint density at radius 2 is 1.39 bits per heavy atom. The van der Waals surface area contributed by atoms with Crippen molar-refractivity contribution in [3.05, 3.63) is 112 Å². The van der Waals surface area contributed by atoms with Gasteiger partial charge in [-0.3, -0.25) is 0 Å². The summed E-state index contributed by atoms with van der Waals surface area (Å²) in [5, 5.41) is 0. The molecule has 4 nitrogen and oxygen atoms in total. The van der Waals surface area contributed by atoms with Crippen molar-refractivity contribution in [2.75, 3.05) is 0 Å². The molecule has 0 spiro atoms. The summed E-state index contributed by atoms with van der Waals surface area (Å²) in [6, 6.07) is 19.2. The van der Waals surface area contributed by atoms with E-state index in [1.807, 2.05) is 0 Å². The minimum atomic E-state index is 1.08. The molecule has 5 rings (SSSR count). The van der Waals surface area contributed by atoms with Crippen LogP contribution in [0.25, 0.3) is 17.0 Å². The molecule has 0 bridgehead atoms. The van der Waals surface area contributed by atoms with E-state index in [9.17, 15) is 0 Å². The summed E-state index contributed by atoms with van der Waals surface area (Å²) in [6.45, 7) is 8.46. The molecule has 4 heterocycles. The summed E-state index contributed by atoms with van der Waals surface area (Å²) in [7, 11) is 0. The number of hydrogen-bond acceptors (Lipinski definition) is 0. The van der Waals surface area contributed by atoms with Gasteiger partial charge >= 0.3 is 0 Å². The van der Waals surface area contributed by atoms with Crippen molar-refractivity contribution in [2.24, 2.45) is 0 Å². The number of aromatic nitrogens is 3. The van der Waals surface area contributed by atoms with E-state index >= 15 is 0 Å². The second-order valence-electron chi connectivity index (χ2n) is 8.33. The molecule has 4 heteroatoms. The van der Waals surface area contributed by atoms with E-state index in [-0.39, 0.29) is 0 Å². The lowest BCUT2D eigenvalue weighted by atomic mass is 10.0. The fraction of sp³-hybridized carbons (Fsp3) is 0.148. The van der Waals surface area contributed by atoms with Gasteiger partial charge in [-0.1, -0.05) is 30.3 Å². The maximum Gasteiger partial charge on any atom is 0.228 e. The van der Waals surface area contributed by atoms with Gasteiger partial charge < -0.3 is 15.0 Å². The Kier molecular flexibility index (Phi) is 4.63. The average Bonchev–Trinajstić information content (AvgIpc) is 3.52. The minimum absolute atomic E-state index is 1.08. The van der Waals surface area contributed by atoms with Gasteiger partial charge in [-0.25, -0.2) is 4.99 Å². The van der Waals surface area contributed by atoms with Gasteiger partial charge in [0.2, 0.25) is 11.4 Å². The smallest absolute Gasteiger partial charge is 0.228 e. The molecule has 31 heavy (non-hydrogen) atoms. The van der Waals surface area contributed by atoms with E-state index in [2.05, 4.69) is 114 Å². The highest BCUT2D eigenvalue weighted by Crippen LogP contribution is 2.29. The highest BCUT2D eigenvalue weighted by molar-refractivity contribution is 6.06. The van der Waals surface area contributed by atoms with Crippen LogP contribution in [0.4, 0.5) is 0 Å². The lowest BCUT2D eigenvalue weighted by molar-refractivity contribution is -0.384. The summed E-state index contributed by atoms with van der Waals surface area (Å²) in [5.41, 5.74) is 13.8. The Labute approximate surface area is 182 Å². The Balaban J connectivity index is 1.64. The number of rotatable bonds is 4. The normalized spacial score (nSPS) is 14.9. The number of aryl methyl sites for hydroxylation is 4. The molecule has 154 valence electrons. The van der Waals surface area contributed by atoms with Crippen molar-refractivity contribution in [2.45, 2.75) is 27.7 Å². The summed E-state index contributed by atoms with van der Waals surface area (Å²) < 4.78 is 0. The van der Waals surface area contributed by atoms with E-state index in [0.29, 0.717) is 0 Å². The Bertz CT molecular complexity index is 1350. The number of hydrogen-bond donors (Lipinski definition) is 4. The first-order chi connectivity index (χ1) is 15.0. The largest absolute Gasteiger partial charge is 0.357 e. The average molecular weight is 408 g/mol. The van der Waals surface area contributed by atoms with Crippen LogP contribution in [0.1, 0.15) is 39.5 Å². The van der Waals surface area contributed by atoms with Crippen molar-refractivity contribution in [1.29, 1.82) is 0 Å². The van der Waals surface area contributed by atoms with Crippen LogP contribution in [0.5, 0.6) is 0 Å². The number of H-pyrrole nitrogens is 3. The fourth-order valence-electron chi connectivity index (χ4n) is 4.45. The zero-order valence-electron chi connectivity index (χ0n) is 18.4. The molecular weight excluding hydrogens is 380 g/mol. The highest BCUT2D eigenvalue weighted by atomic mass is 14.9. The van der Waals surface area contributed by atoms with Crippen LogP contribution in [0.3, 0.4) is 0 Å². The van der Waals surface area contributed by atoms with E-state index in [0.717, 1.165) is 39.8 Å². The van der Waals surface area contributed by atoms with Crippen LogP contribution in [0, 0.1) is 27.7 Å². The molecule has 0 saturated carbocycles. The molecule has 0 saturated heterocycles. The van der Waals surface area contributed by atoms with Crippen molar-refractivity contribution >= 4 is 11.3 Å². The van der Waals surface area contributed by atoms with Crippen LogP contribution < -0.4 is 4.99 Å². The van der Waals surface area contributed by atoms with Crippen molar-refractivity contribution < 1.29 is 4.99 Å². The molecule has 0 amide bonds. The van der Waals surface area contributed by atoms with Gasteiger partial charge in [-0.15, -0.1) is 0 Å². The number of nitrogens with one attached hydrogen (secondary N) is 4. The molecule has 4 aromatic rings. The van der Waals surface area contributed by atoms with E-state index < -0.39 is 0 Å². The third-order valence-electron chi connectivity index (χ3n) is 5.81. The predicted molar refractivity (Wildman–Crippen MR) is 127 cm³/mol. The molecule has 0 radical (unpaired) electrons. The second-order valence-corrected chi connectivity index (χ2v) is 8.33. The van der Waals surface area contributed by atoms with Crippen molar-refractivity contribution in [3.8, 4) is 11.4 Å². The maximum absolute atomic E-state index is 3.65. The number of allylic oxidation sites excluding steroid dienone is 2. The van der Waals surface area contributed by atoms with Gasteiger partial charge in [-0.2, -0.15) is 0 Å². The molecule has 0 fully saturated rings. The lowest BCUT2D eigenvalue weighted by Crippen LogP contribution is -2.68. The highest BCUT2D eigenvalue weighted by Gasteiger charge is 2.24. The van der Waals surface area contributed by atoms with Crippen molar-refractivity contribution in [1.82, 2.24) is 15.0 Å². The molecule has 0 unspecified atom stereocenters. The van der Waals surface area contributed by atoms with E-state index in [1.165, 1.54) is 28.1 Å². The first-order valence-electron chi connectivity index (χ1n) is 10.6. The van der Waals surface area contributed by atoms with Crippen molar-refractivity contribution in [3.63, 3.8) is 0 Å². The van der Waals surface area contributed by atoms with Gasteiger partial charge in [0.1, 0.15) is 5.69 Å². The van der Waals surface area contributed by atoms with Gasteiger partial charge in [0.05, 0.1) is 22.7 Å². The zero-order valence-corrected chi connectivity index (χ0v) is 18.4. The third kappa shape index (κ3) is 3.50. The maximum atomic E-state index is 3.65. The third-order valence-corrected chi connectivity index (χ3v) is 5.81. The van der Waals surface area contributed by atoms with Crippen LogP contribution in [-0.2, 0) is 0 Å². The Hall–Kier alpha value is -3.79. The van der Waals surface area contributed by atoms with Crippen LogP contribution >= 0.6 is 0 Å². The summed E-state index contributed by atoms with van der Waals surface area (Å²) in [4.78, 5) is 14.2. The Morgan fingerprint density at radius 3 is 2.03 bits per heavy atom. The first-order valence-corrected chi connectivity index (χ1v) is 10.6. The topological polar surface area (TPSA) is 61.3 Å². The quantitative estimate of drug-likeness (QED) is 0.386. The van der Waals surface area contributed by atoms with E-state index in [1.54, 1.807) is 0 Å². The van der Waals surface area contributed by atoms with Gasteiger partial charge in [0.25, 0.3) is 0 Å². The van der Waals surface area contributed by atoms with Crippen LogP contribution in [-0.4, -0.2) is 20.7 Å². The van der Waals surface area contributed by atoms with Crippen LogP contribution in [0.15, 0.2) is 72.4 Å². The minimum Gasteiger partial charge on any atom is -0.357 e. The fourth-order valence-corrected chi connectivity index (χ4v) is 4.45. The monoisotopic (exact) mass is 407 g/mol. The lowest BCUT2D eigenvalue weighted by Gasteiger charge is -2.06. The number of aromatic amines is 3. The number of benzene rings is 1. The summed E-state index contributed by atoms with van der Waals surface area (Å²) in [5.74, 6) is 0. The molecule has 1 aliphatic heterocycles. The molecule has 1 aromatic carbocycles. The van der Waals surface area contributed by atoms with E-state index in [4.69, 9.17) is 0 Å². The van der Waals surface area contributed by atoms with Gasteiger partial charge in [-0.05, 0) is 68.7 Å². The Morgan fingerprint density at radius 1 is 0.710 bits per heavy atom. The van der Waals surface area contributed by atoms with Crippen LogP contribution in [0.2, 0.25) is 0 Å². The molecule has 0 atom stereocenters. The zero-order chi connectivity index (χ0) is 21.5.